The molecule has 0 aromatic heterocycles. The van der Waals surface area contributed by atoms with Crippen LogP contribution in [0.4, 0.5) is 0 Å². The molecule has 0 rings (SSSR count). The van der Waals surface area contributed by atoms with Gasteiger partial charge in [-0.25, -0.2) is 0 Å². The summed E-state index contributed by atoms with van der Waals surface area (Å²) in [4.78, 5) is 37.5. The highest BCUT2D eigenvalue weighted by Gasteiger charge is 2.19. The third-order valence-corrected chi connectivity index (χ3v) is 10.7. The van der Waals surface area contributed by atoms with Crippen LogP contribution in [0, 0.1) is 0 Å². The number of allylic oxidation sites excluding steroid dienone is 14. The van der Waals surface area contributed by atoms with Crippen LogP contribution in [0.1, 0.15) is 233 Å². The van der Waals surface area contributed by atoms with E-state index in [0.717, 1.165) is 116 Å². The van der Waals surface area contributed by atoms with E-state index in [2.05, 4.69) is 106 Å². The van der Waals surface area contributed by atoms with Gasteiger partial charge < -0.3 is 14.2 Å². The first-order valence-corrected chi connectivity index (χ1v) is 25.6. The lowest BCUT2D eigenvalue weighted by Gasteiger charge is -2.18. The summed E-state index contributed by atoms with van der Waals surface area (Å²) in [6.07, 6.45) is 64.7. The SMILES string of the molecule is CC/C=C\C/C=C\C/C=C\C/C=C\C/C=C\C/C=C\C/C=C\CCCCCCCCCC(=O)OCC(COC(=O)CCCCCCC)OC(=O)CCCCCCCCCCCC. The van der Waals surface area contributed by atoms with Crippen LogP contribution in [0.5, 0.6) is 0 Å². The summed E-state index contributed by atoms with van der Waals surface area (Å²) in [5.41, 5.74) is 0. The molecule has 1 atom stereocenters. The van der Waals surface area contributed by atoms with Crippen molar-refractivity contribution in [3.8, 4) is 0 Å². The molecular formula is C56H94O6. The maximum absolute atomic E-state index is 12.6. The Morgan fingerprint density at radius 3 is 0.984 bits per heavy atom. The first-order valence-electron chi connectivity index (χ1n) is 25.6. The summed E-state index contributed by atoms with van der Waals surface area (Å²) >= 11 is 0. The maximum atomic E-state index is 12.6. The zero-order valence-electron chi connectivity index (χ0n) is 40.4. The van der Waals surface area contributed by atoms with Crippen LogP contribution in [-0.2, 0) is 28.6 Å². The van der Waals surface area contributed by atoms with Crippen LogP contribution in [0.25, 0.3) is 0 Å². The Kier molecular flexibility index (Phi) is 47.5. The van der Waals surface area contributed by atoms with Crippen LogP contribution in [0.15, 0.2) is 85.1 Å². The predicted molar refractivity (Wildman–Crippen MR) is 265 cm³/mol. The fourth-order valence-corrected chi connectivity index (χ4v) is 6.83. The molecule has 62 heavy (non-hydrogen) atoms. The molecule has 0 heterocycles. The largest absolute Gasteiger partial charge is 0.462 e. The molecule has 0 aliphatic rings. The molecule has 1 unspecified atom stereocenters. The number of esters is 3. The minimum Gasteiger partial charge on any atom is -0.462 e. The van der Waals surface area contributed by atoms with Crippen molar-refractivity contribution in [2.45, 2.75) is 239 Å². The molecule has 0 aromatic carbocycles. The number of carbonyl (C=O) groups excluding carboxylic acids is 3. The van der Waals surface area contributed by atoms with Crippen LogP contribution in [0.2, 0.25) is 0 Å². The van der Waals surface area contributed by atoms with E-state index >= 15 is 0 Å². The summed E-state index contributed by atoms with van der Waals surface area (Å²) in [5, 5.41) is 0. The van der Waals surface area contributed by atoms with Gasteiger partial charge in [-0.05, 0) is 77.0 Å². The van der Waals surface area contributed by atoms with Crippen molar-refractivity contribution in [1.82, 2.24) is 0 Å². The highest BCUT2D eigenvalue weighted by molar-refractivity contribution is 5.71. The fraction of sp³-hybridized carbons (Fsp3) is 0.696. The minimum atomic E-state index is -0.773. The zero-order valence-corrected chi connectivity index (χ0v) is 40.4. The molecule has 0 spiro atoms. The monoisotopic (exact) mass is 863 g/mol. The van der Waals surface area contributed by atoms with Gasteiger partial charge in [-0.15, -0.1) is 0 Å². The molecule has 0 bridgehead atoms. The van der Waals surface area contributed by atoms with E-state index in [1.807, 2.05) is 0 Å². The zero-order chi connectivity index (χ0) is 45.1. The quantitative estimate of drug-likeness (QED) is 0.0263. The third-order valence-electron chi connectivity index (χ3n) is 10.7. The van der Waals surface area contributed by atoms with Gasteiger partial charge in [0.15, 0.2) is 6.10 Å². The smallest absolute Gasteiger partial charge is 0.306 e. The van der Waals surface area contributed by atoms with E-state index < -0.39 is 6.10 Å². The fourth-order valence-electron chi connectivity index (χ4n) is 6.83. The Balaban J connectivity index is 4.07. The van der Waals surface area contributed by atoms with Crippen molar-refractivity contribution >= 4 is 17.9 Å². The van der Waals surface area contributed by atoms with Crippen LogP contribution < -0.4 is 0 Å². The molecule has 0 saturated carbocycles. The second kappa shape index (κ2) is 50.2. The summed E-state index contributed by atoms with van der Waals surface area (Å²) in [7, 11) is 0. The van der Waals surface area contributed by atoms with Crippen molar-refractivity contribution in [3.05, 3.63) is 85.1 Å². The average molecular weight is 863 g/mol. The van der Waals surface area contributed by atoms with Gasteiger partial charge in [-0.2, -0.15) is 0 Å². The van der Waals surface area contributed by atoms with E-state index in [1.165, 1.54) is 77.0 Å². The lowest BCUT2D eigenvalue weighted by molar-refractivity contribution is -0.167. The molecule has 6 heteroatoms. The molecule has 354 valence electrons. The molecule has 0 saturated heterocycles. The van der Waals surface area contributed by atoms with Crippen LogP contribution in [-0.4, -0.2) is 37.2 Å². The number of rotatable bonds is 45. The Labute approximate surface area is 382 Å². The Morgan fingerprint density at radius 1 is 0.339 bits per heavy atom. The van der Waals surface area contributed by atoms with Gasteiger partial charge in [-0.3, -0.25) is 14.4 Å². The molecule has 0 aliphatic heterocycles. The minimum absolute atomic E-state index is 0.0793. The normalized spacial score (nSPS) is 12.8. The first-order chi connectivity index (χ1) is 30.5. The van der Waals surface area contributed by atoms with Crippen molar-refractivity contribution in [3.63, 3.8) is 0 Å². The first kappa shape index (κ1) is 58.6. The second-order valence-electron chi connectivity index (χ2n) is 16.7. The second-order valence-corrected chi connectivity index (χ2v) is 16.7. The number of ether oxygens (including phenoxy) is 3. The Morgan fingerprint density at radius 2 is 0.629 bits per heavy atom. The third kappa shape index (κ3) is 47.6. The van der Waals surface area contributed by atoms with Crippen molar-refractivity contribution < 1.29 is 28.6 Å². The molecule has 0 N–H and O–H groups in total. The van der Waals surface area contributed by atoms with Gasteiger partial charge in [0.05, 0.1) is 0 Å². The summed E-state index contributed by atoms with van der Waals surface area (Å²) < 4.78 is 16.6. The molecular weight excluding hydrogens is 769 g/mol. The van der Waals surface area contributed by atoms with Gasteiger partial charge in [0.2, 0.25) is 0 Å². The highest BCUT2D eigenvalue weighted by atomic mass is 16.6. The van der Waals surface area contributed by atoms with Crippen molar-refractivity contribution in [2.75, 3.05) is 13.2 Å². The predicted octanol–water partition coefficient (Wildman–Crippen LogP) is 16.8. The standard InChI is InChI=1S/C56H94O6/c1-4-7-10-13-15-17-19-20-21-22-23-24-25-26-27-28-29-30-31-32-33-34-35-36-37-39-40-43-46-49-55(58)61-52-53(51-60-54(57)48-45-42-12-9-6-3)62-56(59)50-47-44-41-38-18-16-14-11-8-5-2/h7,10,15,17,20-21,23-24,26-27,29-30,32-33,53H,4-6,8-9,11-14,16,18-19,22,25,28,31,34-52H2,1-3H3/b10-7-,17-15-,21-20-,24-23-,27-26-,30-29-,33-32-. The molecule has 0 aromatic rings. The van der Waals surface area contributed by atoms with Gasteiger partial charge in [-0.1, -0.05) is 221 Å². The van der Waals surface area contributed by atoms with Crippen molar-refractivity contribution in [1.29, 1.82) is 0 Å². The summed E-state index contributed by atoms with van der Waals surface area (Å²) in [5.74, 6) is -0.908. The number of unbranched alkanes of at least 4 members (excludes halogenated alkanes) is 20. The van der Waals surface area contributed by atoms with E-state index in [0.29, 0.717) is 19.3 Å². The van der Waals surface area contributed by atoms with Gasteiger partial charge in [0.25, 0.3) is 0 Å². The van der Waals surface area contributed by atoms with E-state index in [1.54, 1.807) is 0 Å². The average Bonchev–Trinajstić information content (AvgIpc) is 3.27. The molecule has 0 fully saturated rings. The number of hydrogen-bond acceptors (Lipinski definition) is 6. The molecule has 6 nitrogen and oxygen atoms in total. The molecule has 0 aliphatic carbocycles. The molecule has 0 radical (unpaired) electrons. The van der Waals surface area contributed by atoms with E-state index in [4.69, 9.17) is 14.2 Å². The van der Waals surface area contributed by atoms with E-state index in [9.17, 15) is 14.4 Å². The number of carbonyl (C=O) groups is 3. The topological polar surface area (TPSA) is 78.9 Å². The summed E-state index contributed by atoms with van der Waals surface area (Å²) in [6.45, 7) is 6.40. The maximum Gasteiger partial charge on any atom is 0.306 e. The van der Waals surface area contributed by atoms with Gasteiger partial charge in [0, 0.05) is 19.3 Å². The molecule has 0 amide bonds. The Hall–Kier alpha value is -3.41. The van der Waals surface area contributed by atoms with Crippen LogP contribution >= 0.6 is 0 Å². The van der Waals surface area contributed by atoms with Gasteiger partial charge >= 0.3 is 17.9 Å². The Bertz CT molecular complexity index is 1220. The number of hydrogen-bond donors (Lipinski definition) is 0. The van der Waals surface area contributed by atoms with Crippen LogP contribution in [0.3, 0.4) is 0 Å². The lowest BCUT2D eigenvalue weighted by Crippen LogP contribution is -2.30. The highest BCUT2D eigenvalue weighted by Crippen LogP contribution is 2.14. The lowest BCUT2D eigenvalue weighted by atomic mass is 10.1. The van der Waals surface area contributed by atoms with E-state index in [-0.39, 0.29) is 31.1 Å². The van der Waals surface area contributed by atoms with Crippen molar-refractivity contribution in [2.24, 2.45) is 0 Å². The van der Waals surface area contributed by atoms with Gasteiger partial charge in [0.1, 0.15) is 13.2 Å². The summed E-state index contributed by atoms with van der Waals surface area (Å²) in [6, 6.07) is 0.